The summed E-state index contributed by atoms with van der Waals surface area (Å²) in [5.74, 6) is -0.244. The lowest BCUT2D eigenvalue weighted by Gasteiger charge is -2.09. The van der Waals surface area contributed by atoms with Crippen LogP contribution in [0.5, 0.6) is 0 Å². The highest BCUT2D eigenvalue weighted by molar-refractivity contribution is 5.72. The van der Waals surface area contributed by atoms with Crippen LogP contribution in [0.3, 0.4) is 0 Å². The fourth-order valence-electron chi connectivity index (χ4n) is 1.36. The van der Waals surface area contributed by atoms with Crippen LogP contribution in [0.2, 0.25) is 0 Å². The normalized spacial score (nSPS) is 11.9. The predicted molar refractivity (Wildman–Crippen MR) is 56.1 cm³/mol. The van der Waals surface area contributed by atoms with E-state index >= 15 is 0 Å². The van der Waals surface area contributed by atoms with Gasteiger partial charge in [-0.2, -0.15) is 18.3 Å². The summed E-state index contributed by atoms with van der Waals surface area (Å²) in [4.78, 5) is 0. The zero-order valence-electron chi connectivity index (χ0n) is 9.80. The second-order valence-electron chi connectivity index (χ2n) is 3.89. The van der Waals surface area contributed by atoms with E-state index in [0.29, 0.717) is 5.69 Å². The van der Waals surface area contributed by atoms with Crippen LogP contribution < -0.4 is 0 Å². The minimum absolute atomic E-state index is 0.0971. The number of halogens is 3. The molecule has 0 atom stereocenters. The van der Waals surface area contributed by atoms with Crippen LogP contribution in [-0.4, -0.2) is 22.8 Å². The van der Waals surface area contributed by atoms with Crippen molar-refractivity contribution < 1.29 is 17.9 Å². The van der Waals surface area contributed by atoms with Gasteiger partial charge in [-0.1, -0.05) is 13.8 Å². The van der Waals surface area contributed by atoms with Crippen LogP contribution >= 0.6 is 0 Å². The number of alkyl halides is 3. The SMILES string of the molecule is COC(=N)Cn1nc(C(F)(F)F)cc1C(C)C. The summed E-state index contributed by atoms with van der Waals surface area (Å²) < 4.78 is 43.3. The Morgan fingerprint density at radius 3 is 2.53 bits per heavy atom. The molecular formula is C10H14F3N3O. The zero-order chi connectivity index (χ0) is 13.2. The third-order valence-corrected chi connectivity index (χ3v) is 2.23. The summed E-state index contributed by atoms with van der Waals surface area (Å²) in [5.41, 5.74) is -0.510. The molecule has 96 valence electrons. The molecule has 0 aliphatic rings. The number of hydrogen-bond donors (Lipinski definition) is 1. The van der Waals surface area contributed by atoms with Crippen LogP contribution in [-0.2, 0) is 17.5 Å². The lowest BCUT2D eigenvalue weighted by Crippen LogP contribution is -2.16. The van der Waals surface area contributed by atoms with Gasteiger partial charge in [0.15, 0.2) is 5.69 Å². The van der Waals surface area contributed by atoms with Gasteiger partial charge in [0, 0.05) is 5.69 Å². The highest BCUT2D eigenvalue weighted by Gasteiger charge is 2.35. The van der Waals surface area contributed by atoms with Gasteiger partial charge >= 0.3 is 6.18 Å². The van der Waals surface area contributed by atoms with E-state index in [1.54, 1.807) is 13.8 Å². The second-order valence-corrected chi connectivity index (χ2v) is 3.89. The molecule has 0 bridgehead atoms. The quantitative estimate of drug-likeness (QED) is 0.661. The Balaban J connectivity index is 3.10. The first-order chi connectivity index (χ1) is 7.75. The van der Waals surface area contributed by atoms with E-state index in [1.807, 2.05) is 0 Å². The van der Waals surface area contributed by atoms with Gasteiger partial charge in [-0.25, -0.2) is 0 Å². The molecule has 1 heterocycles. The minimum atomic E-state index is -4.47. The zero-order valence-corrected chi connectivity index (χ0v) is 9.80. The Bertz CT molecular complexity index is 409. The van der Waals surface area contributed by atoms with E-state index in [0.717, 1.165) is 10.7 Å². The number of nitrogens with one attached hydrogen (secondary N) is 1. The first-order valence-corrected chi connectivity index (χ1v) is 5.02. The van der Waals surface area contributed by atoms with Crippen molar-refractivity contribution in [3.8, 4) is 0 Å². The first kappa shape index (κ1) is 13.5. The molecule has 17 heavy (non-hydrogen) atoms. The summed E-state index contributed by atoms with van der Waals surface area (Å²) in [6, 6.07) is 1.01. The molecule has 0 radical (unpaired) electrons. The Labute approximate surface area is 96.9 Å². The Morgan fingerprint density at radius 1 is 1.53 bits per heavy atom. The summed E-state index contributed by atoms with van der Waals surface area (Å²) in [5, 5.41) is 10.8. The van der Waals surface area contributed by atoms with Crippen LogP contribution in [0.1, 0.15) is 31.2 Å². The maximum absolute atomic E-state index is 12.5. The number of methoxy groups -OCH3 is 1. The van der Waals surface area contributed by atoms with Crippen LogP contribution in [0.25, 0.3) is 0 Å². The van der Waals surface area contributed by atoms with Crippen molar-refractivity contribution in [1.82, 2.24) is 9.78 Å². The molecule has 0 unspecified atom stereocenters. The number of nitrogens with zero attached hydrogens (tertiary/aromatic N) is 2. The summed E-state index contributed by atoms with van der Waals surface area (Å²) in [6.07, 6.45) is -4.47. The van der Waals surface area contributed by atoms with E-state index < -0.39 is 11.9 Å². The van der Waals surface area contributed by atoms with Crippen molar-refractivity contribution >= 4 is 5.90 Å². The molecule has 0 spiro atoms. The number of rotatable bonds is 3. The van der Waals surface area contributed by atoms with Gasteiger partial charge in [-0.3, -0.25) is 10.1 Å². The molecule has 1 aromatic rings. The average Bonchev–Trinajstić information content (AvgIpc) is 2.61. The van der Waals surface area contributed by atoms with E-state index in [2.05, 4.69) is 9.84 Å². The molecular weight excluding hydrogens is 235 g/mol. The number of ether oxygens (including phenoxy) is 1. The number of aromatic nitrogens is 2. The van der Waals surface area contributed by atoms with Crippen molar-refractivity contribution in [1.29, 1.82) is 5.41 Å². The largest absolute Gasteiger partial charge is 0.483 e. The van der Waals surface area contributed by atoms with E-state index in [9.17, 15) is 13.2 Å². The molecule has 0 aliphatic carbocycles. The summed E-state index contributed by atoms with van der Waals surface area (Å²) in [7, 11) is 1.30. The lowest BCUT2D eigenvalue weighted by atomic mass is 10.1. The maximum atomic E-state index is 12.5. The Kier molecular flexibility index (Phi) is 3.79. The molecule has 4 nitrogen and oxygen atoms in total. The standard InChI is InChI=1S/C10H14F3N3O/c1-6(2)7-4-8(10(11,12)13)15-16(7)5-9(14)17-3/h4,6,14H,5H2,1-3H3. The Morgan fingerprint density at radius 2 is 2.12 bits per heavy atom. The predicted octanol–water partition coefficient (Wildman–Crippen LogP) is 2.65. The van der Waals surface area contributed by atoms with Gasteiger partial charge in [0.1, 0.15) is 6.54 Å². The van der Waals surface area contributed by atoms with Gasteiger partial charge in [0.2, 0.25) is 5.90 Å². The molecule has 0 saturated carbocycles. The maximum Gasteiger partial charge on any atom is 0.435 e. The first-order valence-electron chi connectivity index (χ1n) is 5.02. The fourth-order valence-corrected chi connectivity index (χ4v) is 1.36. The molecule has 0 aromatic carbocycles. The molecule has 0 saturated heterocycles. The van der Waals surface area contributed by atoms with Gasteiger partial charge in [0.25, 0.3) is 0 Å². The third-order valence-electron chi connectivity index (χ3n) is 2.23. The molecule has 1 aromatic heterocycles. The minimum Gasteiger partial charge on any atom is -0.483 e. The second kappa shape index (κ2) is 4.77. The van der Waals surface area contributed by atoms with Gasteiger partial charge < -0.3 is 4.74 Å². The van der Waals surface area contributed by atoms with E-state index in [4.69, 9.17) is 5.41 Å². The molecule has 1 N–H and O–H groups in total. The van der Waals surface area contributed by atoms with E-state index in [1.165, 1.54) is 7.11 Å². The topological polar surface area (TPSA) is 50.9 Å². The van der Waals surface area contributed by atoms with Crippen molar-refractivity contribution in [2.45, 2.75) is 32.5 Å². The van der Waals surface area contributed by atoms with Crippen LogP contribution in [0.4, 0.5) is 13.2 Å². The highest BCUT2D eigenvalue weighted by Crippen LogP contribution is 2.30. The van der Waals surface area contributed by atoms with Crippen molar-refractivity contribution in [3.05, 3.63) is 17.5 Å². The lowest BCUT2D eigenvalue weighted by molar-refractivity contribution is -0.141. The van der Waals surface area contributed by atoms with Gasteiger partial charge in [0.05, 0.1) is 7.11 Å². The summed E-state index contributed by atoms with van der Waals surface area (Å²) >= 11 is 0. The van der Waals surface area contributed by atoms with Crippen molar-refractivity contribution in [2.24, 2.45) is 0 Å². The summed E-state index contributed by atoms with van der Waals surface area (Å²) in [6.45, 7) is 3.44. The molecule has 0 amide bonds. The van der Waals surface area contributed by atoms with Gasteiger partial charge in [-0.15, -0.1) is 0 Å². The Hall–Kier alpha value is -1.53. The highest BCUT2D eigenvalue weighted by atomic mass is 19.4. The molecule has 0 aliphatic heterocycles. The fraction of sp³-hybridized carbons (Fsp3) is 0.600. The molecule has 1 rings (SSSR count). The van der Waals surface area contributed by atoms with Crippen LogP contribution in [0, 0.1) is 5.41 Å². The smallest absolute Gasteiger partial charge is 0.435 e. The number of hydrogen-bond acceptors (Lipinski definition) is 3. The monoisotopic (exact) mass is 249 g/mol. The molecule has 0 fully saturated rings. The third kappa shape index (κ3) is 3.21. The van der Waals surface area contributed by atoms with Gasteiger partial charge in [-0.05, 0) is 12.0 Å². The van der Waals surface area contributed by atoms with E-state index in [-0.39, 0.29) is 18.4 Å². The average molecular weight is 249 g/mol. The molecule has 7 heteroatoms. The van der Waals surface area contributed by atoms with Crippen molar-refractivity contribution in [2.75, 3.05) is 7.11 Å². The van der Waals surface area contributed by atoms with Crippen LogP contribution in [0.15, 0.2) is 6.07 Å². The van der Waals surface area contributed by atoms with Crippen molar-refractivity contribution in [3.63, 3.8) is 0 Å².